The third-order valence-corrected chi connectivity index (χ3v) is 3.41. The van der Waals surface area contributed by atoms with E-state index in [1.54, 1.807) is 24.3 Å². The first-order valence-corrected chi connectivity index (χ1v) is 6.75. The number of rotatable bonds is 2. The number of hydrogen-bond acceptors (Lipinski definition) is 4. The van der Waals surface area contributed by atoms with Gasteiger partial charge in [0.2, 0.25) is 0 Å². The third kappa shape index (κ3) is 3.65. The second kappa shape index (κ2) is 6.17. The van der Waals surface area contributed by atoms with Crippen LogP contribution in [0.5, 0.6) is 0 Å². The normalized spacial score (nSPS) is 10.8. The Morgan fingerprint density at radius 3 is 2.26 bits per heavy atom. The molecule has 0 aliphatic carbocycles. The van der Waals surface area contributed by atoms with E-state index in [0.29, 0.717) is 16.5 Å². The van der Waals surface area contributed by atoms with Crippen LogP contribution in [0.2, 0.25) is 0 Å². The molecule has 0 saturated heterocycles. The predicted octanol–water partition coefficient (Wildman–Crippen LogP) is -1.60. The number of thiocarbonyl (C=S) groups is 1. The van der Waals surface area contributed by atoms with Crippen molar-refractivity contribution in [3.8, 4) is 0 Å². The van der Waals surface area contributed by atoms with Crippen molar-refractivity contribution in [1.82, 2.24) is 0 Å². The second-order valence-corrected chi connectivity index (χ2v) is 5.39. The molecule has 3 N–H and O–H groups in total. The van der Waals surface area contributed by atoms with Gasteiger partial charge in [-0.3, -0.25) is 0 Å². The average Bonchev–Trinajstić information content (AvgIpc) is 2.27. The van der Waals surface area contributed by atoms with E-state index in [9.17, 15) is 13.0 Å². The summed E-state index contributed by atoms with van der Waals surface area (Å²) in [5.74, 6) is 0. The number of hydrogen-bond donors (Lipinski definition) is 2. The molecule has 2 aromatic carbocycles. The summed E-state index contributed by atoms with van der Waals surface area (Å²) in [6, 6.07) is 9.34. The topological polar surface area (TPSA) is 95.2 Å². The standard InChI is InChI=1S/C11H10N2O3S2.Na/c12-11(17)13-9-5-6-10(18(14,15)16)8-4-2-1-3-7(8)9;/h1-6H,(H3,12,13,17)(H,14,15,16);/q;+1/p-1. The summed E-state index contributed by atoms with van der Waals surface area (Å²) < 4.78 is 33.5. The molecule has 0 aromatic heterocycles. The fourth-order valence-electron chi connectivity index (χ4n) is 1.73. The molecule has 2 rings (SSSR count). The van der Waals surface area contributed by atoms with Crippen molar-refractivity contribution in [2.75, 3.05) is 5.32 Å². The van der Waals surface area contributed by atoms with Crippen LogP contribution in [-0.2, 0) is 10.1 Å². The van der Waals surface area contributed by atoms with Crippen LogP contribution in [0.15, 0.2) is 41.3 Å². The van der Waals surface area contributed by atoms with Gasteiger partial charge in [-0.15, -0.1) is 0 Å². The number of nitrogens with two attached hydrogens (primary N) is 1. The first-order valence-electron chi connectivity index (χ1n) is 4.93. The van der Waals surface area contributed by atoms with Gasteiger partial charge in [-0.05, 0) is 24.4 Å². The summed E-state index contributed by atoms with van der Waals surface area (Å²) in [4.78, 5) is -0.258. The van der Waals surface area contributed by atoms with Gasteiger partial charge in [0.1, 0.15) is 10.1 Å². The molecular formula is C11H9N2NaO3S2. The van der Waals surface area contributed by atoms with Crippen LogP contribution >= 0.6 is 12.2 Å². The molecule has 0 aliphatic heterocycles. The molecule has 0 heterocycles. The van der Waals surface area contributed by atoms with E-state index >= 15 is 0 Å². The Morgan fingerprint density at radius 2 is 1.74 bits per heavy atom. The van der Waals surface area contributed by atoms with Gasteiger partial charge >= 0.3 is 29.6 Å². The maximum Gasteiger partial charge on any atom is 1.00 e. The van der Waals surface area contributed by atoms with Crippen molar-refractivity contribution in [3.05, 3.63) is 36.4 Å². The Kier molecular flexibility index (Phi) is 5.31. The van der Waals surface area contributed by atoms with Crippen LogP contribution in [-0.4, -0.2) is 18.1 Å². The molecule has 0 atom stereocenters. The van der Waals surface area contributed by atoms with Gasteiger partial charge in [0.05, 0.1) is 4.90 Å². The molecule has 0 aliphatic rings. The molecule has 5 nitrogen and oxygen atoms in total. The maximum absolute atomic E-state index is 11.2. The minimum atomic E-state index is -4.52. The summed E-state index contributed by atoms with van der Waals surface area (Å²) in [5.41, 5.74) is 5.94. The Bertz CT molecular complexity index is 732. The van der Waals surface area contributed by atoms with Gasteiger partial charge in [-0.25, -0.2) is 8.42 Å². The Labute approximate surface area is 138 Å². The molecule has 0 unspecified atom stereocenters. The van der Waals surface area contributed by atoms with Gasteiger partial charge in [0, 0.05) is 16.5 Å². The largest absolute Gasteiger partial charge is 1.00 e. The smallest absolute Gasteiger partial charge is 0.744 e. The van der Waals surface area contributed by atoms with Gasteiger partial charge in [-0.2, -0.15) is 0 Å². The SMILES string of the molecule is NC(=S)Nc1ccc(S(=O)(=O)[O-])c2ccccc12.[Na+]. The predicted molar refractivity (Wildman–Crippen MR) is 72.3 cm³/mol. The van der Waals surface area contributed by atoms with Crippen molar-refractivity contribution in [2.24, 2.45) is 5.73 Å². The molecule has 0 saturated carbocycles. The Morgan fingerprint density at radius 1 is 1.16 bits per heavy atom. The number of nitrogens with one attached hydrogen (secondary N) is 1. The Hall–Kier alpha value is -0.700. The average molecular weight is 304 g/mol. The quantitative estimate of drug-likeness (QED) is 0.394. The minimum absolute atomic E-state index is 0. The van der Waals surface area contributed by atoms with Gasteiger partial charge < -0.3 is 15.6 Å². The summed E-state index contributed by atoms with van der Waals surface area (Å²) in [6.45, 7) is 0. The molecule has 0 spiro atoms. The summed E-state index contributed by atoms with van der Waals surface area (Å²) in [6.07, 6.45) is 0. The van der Waals surface area contributed by atoms with Crippen molar-refractivity contribution in [3.63, 3.8) is 0 Å². The van der Waals surface area contributed by atoms with E-state index in [1.165, 1.54) is 12.1 Å². The molecule has 0 amide bonds. The second-order valence-electron chi connectivity index (χ2n) is 3.60. The first-order chi connectivity index (χ1) is 8.39. The van der Waals surface area contributed by atoms with E-state index in [0.717, 1.165) is 0 Å². The van der Waals surface area contributed by atoms with Crippen LogP contribution in [0.1, 0.15) is 0 Å². The van der Waals surface area contributed by atoms with Crippen LogP contribution in [0.3, 0.4) is 0 Å². The zero-order chi connectivity index (χ0) is 13.3. The molecular weight excluding hydrogens is 295 g/mol. The molecule has 2 aromatic rings. The zero-order valence-electron chi connectivity index (χ0n) is 10.1. The van der Waals surface area contributed by atoms with Crippen molar-refractivity contribution < 1.29 is 42.5 Å². The molecule has 8 heteroatoms. The maximum atomic E-state index is 11.2. The zero-order valence-corrected chi connectivity index (χ0v) is 13.7. The van der Waals surface area contributed by atoms with Crippen LogP contribution in [0, 0.1) is 0 Å². The Balaban J connectivity index is 0.00000180. The molecule has 0 bridgehead atoms. The van der Waals surface area contributed by atoms with E-state index in [2.05, 4.69) is 5.32 Å². The monoisotopic (exact) mass is 304 g/mol. The van der Waals surface area contributed by atoms with Gasteiger partial charge in [-0.1, -0.05) is 24.3 Å². The van der Waals surface area contributed by atoms with E-state index in [1.807, 2.05) is 0 Å². The fraction of sp³-hybridized carbons (Fsp3) is 0. The van der Waals surface area contributed by atoms with Crippen LogP contribution in [0.25, 0.3) is 10.8 Å². The minimum Gasteiger partial charge on any atom is -0.744 e. The van der Waals surface area contributed by atoms with Gasteiger partial charge in [0.25, 0.3) is 0 Å². The van der Waals surface area contributed by atoms with Crippen molar-refractivity contribution in [2.45, 2.75) is 4.90 Å². The van der Waals surface area contributed by atoms with Crippen molar-refractivity contribution >= 4 is 43.9 Å². The van der Waals surface area contributed by atoms with E-state index in [-0.39, 0.29) is 39.6 Å². The summed E-state index contributed by atoms with van der Waals surface area (Å²) in [7, 11) is -4.52. The summed E-state index contributed by atoms with van der Waals surface area (Å²) >= 11 is 4.73. The fourth-order valence-corrected chi connectivity index (χ4v) is 2.52. The first kappa shape index (κ1) is 16.4. The number of anilines is 1. The van der Waals surface area contributed by atoms with E-state index < -0.39 is 10.1 Å². The molecule has 0 radical (unpaired) electrons. The summed E-state index contributed by atoms with van der Waals surface area (Å²) in [5, 5.41) is 3.72. The van der Waals surface area contributed by atoms with Crippen molar-refractivity contribution in [1.29, 1.82) is 0 Å². The van der Waals surface area contributed by atoms with E-state index in [4.69, 9.17) is 18.0 Å². The third-order valence-electron chi connectivity index (χ3n) is 2.41. The molecule has 94 valence electrons. The molecule has 19 heavy (non-hydrogen) atoms. The van der Waals surface area contributed by atoms with Crippen LogP contribution in [0.4, 0.5) is 5.69 Å². The van der Waals surface area contributed by atoms with Gasteiger partial charge in [0.15, 0.2) is 5.11 Å². The number of fused-ring (bicyclic) bond motifs is 1. The molecule has 0 fully saturated rings. The number of benzene rings is 2. The van der Waals surface area contributed by atoms with Crippen LogP contribution < -0.4 is 40.6 Å².